The second kappa shape index (κ2) is 13.4. The van der Waals surface area contributed by atoms with Gasteiger partial charge in [0.15, 0.2) is 0 Å². The van der Waals surface area contributed by atoms with Crippen LogP contribution in [0.15, 0.2) is 155 Å². The number of anilines is 2. The van der Waals surface area contributed by atoms with Crippen molar-refractivity contribution in [2.75, 3.05) is 11.5 Å². The maximum Gasteiger partial charge on any atom is 0.127 e. The Balaban J connectivity index is 1.06. The van der Waals surface area contributed by atoms with E-state index in [4.69, 9.17) is 20.9 Å². The van der Waals surface area contributed by atoms with E-state index in [9.17, 15) is 4.21 Å². The van der Waals surface area contributed by atoms with Gasteiger partial charge in [0.2, 0.25) is 0 Å². The Labute approximate surface area is 285 Å². The van der Waals surface area contributed by atoms with Gasteiger partial charge < -0.3 is 20.9 Å². The largest absolute Gasteiger partial charge is 0.457 e. The molecule has 0 fully saturated rings. The van der Waals surface area contributed by atoms with Crippen molar-refractivity contribution in [3.8, 4) is 23.0 Å². The summed E-state index contributed by atoms with van der Waals surface area (Å²) in [7, 11) is -1.35. The van der Waals surface area contributed by atoms with Crippen molar-refractivity contribution >= 4 is 22.2 Å². The molecule has 48 heavy (non-hydrogen) atoms. The van der Waals surface area contributed by atoms with E-state index in [-0.39, 0.29) is 10.8 Å². The van der Waals surface area contributed by atoms with E-state index in [1.807, 2.05) is 97.1 Å². The molecule has 6 rings (SSSR count). The van der Waals surface area contributed by atoms with Crippen LogP contribution in [0, 0.1) is 0 Å². The summed E-state index contributed by atoms with van der Waals surface area (Å²) in [5.74, 6) is 2.81. The van der Waals surface area contributed by atoms with E-state index < -0.39 is 10.8 Å². The summed E-state index contributed by atoms with van der Waals surface area (Å²) < 4.78 is 25.5. The number of benzene rings is 6. The van der Waals surface area contributed by atoms with Crippen LogP contribution in [0.1, 0.15) is 49.9 Å². The van der Waals surface area contributed by atoms with Crippen molar-refractivity contribution < 1.29 is 13.7 Å². The second-order valence-electron chi connectivity index (χ2n) is 13.0. The van der Waals surface area contributed by atoms with Crippen molar-refractivity contribution in [3.05, 3.63) is 168 Å². The summed E-state index contributed by atoms with van der Waals surface area (Å²) in [4.78, 5) is 1.38. The Morgan fingerprint density at radius 1 is 0.396 bits per heavy atom. The number of nitrogen functional groups attached to an aromatic ring is 2. The summed E-state index contributed by atoms with van der Waals surface area (Å²) in [5, 5.41) is 0. The molecule has 6 heteroatoms. The normalized spacial score (nSPS) is 11.8. The zero-order chi connectivity index (χ0) is 33.9. The first-order valence-electron chi connectivity index (χ1n) is 15.9. The van der Waals surface area contributed by atoms with Gasteiger partial charge >= 0.3 is 0 Å². The van der Waals surface area contributed by atoms with Gasteiger partial charge in [-0.05, 0) is 119 Å². The molecular weight excluding hydrogens is 613 g/mol. The van der Waals surface area contributed by atoms with Crippen LogP contribution >= 0.6 is 0 Å². The predicted molar refractivity (Wildman–Crippen MR) is 197 cm³/mol. The van der Waals surface area contributed by atoms with Crippen LogP contribution in [-0.2, 0) is 21.6 Å². The van der Waals surface area contributed by atoms with Crippen LogP contribution in [0.3, 0.4) is 0 Å². The molecule has 0 aliphatic carbocycles. The highest BCUT2D eigenvalue weighted by atomic mass is 32.2. The van der Waals surface area contributed by atoms with Gasteiger partial charge in [0, 0.05) is 32.0 Å². The molecule has 0 heterocycles. The molecule has 0 aliphatic heterocycles. The molecule has 4 N–H and O–H groups in total. The fourth-order valence-electron chi connectivity index (χ4n) is 5.68. The van der Waals surface area contributed by atoms with Crippen molar-refractivity contribution in [3.63, 3.8) is 0 Å². The quantitative estimate of drug-likeness (QED) is 0.144. The first-order valence-corrected chi connectivity index (χ1v) is 17.0. The molecule has 0 spiro atoms. The van der Waals surface area contributed by atoms with E-state index >= 15 is 0 Å². The van der Waals surface area contributed by atoms with Crippen LogP contribution in [0.2, 0.25) is 0 Å². The van der Waals surface area contributed by atoms with Gasteiger partial charge in [-0.1, -0.05) is 76.2 Å². The number of nitrogens with two attached hydrogens (primary N) is 2. The first-order chi connectivity index (χ1) is 23.0. The van der Waals surface area contributed by atoms with Crippen LogP contribution in [0.5, 0.6) is 23.0 Å². The molecule has 0 aromatic heterocycles. The zero-order valence-electron chi connectivity index (χ0n) is 27.6. The molecule has 242 valence electrons. The molecule has 0 unspecified atom stereocenters. The summed E-state index contributed by atoms with van der Waals surface area (Å²) in [6, 6.07) is 46.9. The van der Waals surface area contributed by atoms with Crippen LogP contribution < -0.4 is 20.9 Å². The van der Waals surface area contributed by atoms with Crippen molar-refractivity contribution in [2.45, 2.75) is 48.3 Å². The number of rotatable bonds is 10. The standard InChI is InChI=1S/C42H40N2O3S/c1-41(2,29-5-13-33(43)14-6-29)31-9-17-35(18-10-31)46-37-21-25-39(26-22-37)48(45)40-27-23-38(24-28-40)47-36-19-11-32(12-20-36)42(3,4)30-7-15-34(44)16-8-30/h5-28H,43-44H2,1-4H3. The summed E-state index contributed by atoms with van der Waals surface area (Å²) in [6.07, 6.45) is 0. The summed E-state index contributed by atoms with van der Waals surface area (Å²) in [6.45, 7) is 8.77. The Morgan fingerprint density at radius 2 is 0.625 bits per heavy atom. The average molecular weight is 653 g/mol. The van der Waals surface area contributed by atoms with E-state index in [2.05, 4.69) is 76.2 Å². The zero-order valence-corrected chi connectivity index (χ0v) is 28.5. The van der Waals surface area contributed by atoms with Crippen LogP contribution in [0.4, 0.5) is 11.4 Å². The van der Waals surface area contributed by atoms with Crippen molar-refractivity contribution in [1.82, 2.24) is 0 Å². The molecule has 0 atom stereocenters. The molecule has 0 saturated heterocycles. The Hall–Kier alpha value is -5.33. The van der Waals surface area contributed by atoms with Gasteiger partial charge in [-0.2, -0.15) is 0 Å². The lowest BCUT2D eigenvalue weighted by Crippen LogP contribution is -2.18. The lowest BCUT2D eigenvalue weighted by atomic mass is 9.78. The molecule has 0 radical (unpaired) electrons. The molecule has 0 saturated carbocycles. The Bertz CT molecular complexity index is 1850. The second-order valence-corrected chi connectivity index (χ2v) is 14.4. The van der Waals surface area contributed by atoms with Gasteiger partial charge in [0.25, 0.3) is 0 Å². The van der Waals surface area contributed by atoms with Crippen molar-refractivity contribution in [1.29, 1.82) is 0 Å². The van der Waals surface area contributed by atoms with Gasteiger partial charge in [0.05, 0.1) is 10.8 Å². The minimum absolute atomic E-state index is 0.176. The van der Waals surface area contributed by atoms with E-state index in [0.717, 1.165) is 22.9 Å². The molecule has 5 nitrogen and oxygen atoms in total. The molecular formula is C42H40N2O3S. The number of hydrogen-bond acceptors (Lipinski definition) is 5. The van der Waals surface area contributed by atoms with Crippen LogP contribution in [-0.4, -0.2) is 4.21 Å². The smallest absolute Gasteiger partial charge is 0.127 e. The third-order valence-corrected chi connectivity index (χ3v) is 10.4. The Morgan fingerprint density at radius 3 is 0.896 bits per heavy atom. The maximum atomic E-state index is 13.3. The molecule has 0 bridgehead atoms. The number of hydrogen-bond donors (Lipinski definition) is 2. The van der Waals surface area contributed by atoms with Gasteiger partial charge in [-0.15, -0.1) is 0 Å². The summed E-state index contributed by atoms with van der Waals surface area (Å²) >= 11 is 0. The number of ether oxygens (including phenoxy) is 2. The van der Waals surface area contributed by atoms with E-state index in [0.29, 0.717) is 21.3 Å². The fraction of sp³-hybridized carbons (Fsp3) is 0.143. The van der Waals surface area contributed by atoms with Gasteiger partial charge in [-0.25, -0.2) is 4.21 Å². The van der Waals surface area contributed by atoms with Crippen molar-refractivity contribution in [2.24, 2.45) is 0 Å². The Kier molecular flexibility index (Phi) is 9.11. The SMILES string of the molecule is CC(C)(c1ccc(N)cc1)c1ccc(Oc2ccc(S(=O)c3ccc(Oc4ccc(C(C)(C)c5ccc(N)cc5)cc4)cc3)cc2)cc1. The first kappa shape index (κ1) is 32.6. The van der Waals surface area contributed by atoms with E-state index in [1.54, 1.807) is 0 Å². The lowest BCUT2D eigenvalue weighted by molar-refractivity contribution is 0.481. The third-order valence-electron chi connectivity index (χ3n) is 8.96. The van der Waals surface area contributed by atoms with Gasteiger partial charge in [0.1, 0.15) is 23.0 Å². The molecule has 6 aromatic rings. The molecule has 0 amide bonds. The molecule has 0 aliphatic rings. The molecule has 6 aromatic carbocycles. The summed E-state index contributed by atoms with van der Waals surface area (Å²) in [5.41, 5.74) is 17.6. The minimum atomic E-state index is -1.35. The predicted octanol–water partition coefficient (Wildman–Crippen LogP) is 10.3. The highest BCUT2D eigenvalue weighted by molar-refractivity contribution is 7.85. The monoisotopic (exact) mass is 652 g/mol. The topological polar surface area (TPSA) is 87.6 Å². The average Bonchev–Trinajstić information content (AvgIpc) is 3.09. The van der Waals surface area contributed by atoms with E-state index in [1.165, 1.54) is 22.3 Å². The van der Waals surface area contributed by atoms with Gasteiger partial charge in [-0.3, -0.25) is 0 Å². The maximum absolute atomic E-state index is 13.3. The minimum Gasteiger partial charge on any atom is -0.457 e. The highest BCUT2D eigenvalue weighted by Gasteiger charge is 2.24. The highest BCUT2D eigenvalue weighted by Crippen LogP contribution is 2.35. The fourth-order valence-corrected chi connectivity index (χ4v) is 6.72. The third kappa shape index (κ3) is 7.14. The van der Waals surface area contributed by atoms with Crippen LogP contribution in [0.25, 0.3) is 0 Å². The lowest BCUT2D eigenvalue weighted by Gasteiger charge is -2.26.